The summed E-state index contributed by atoms with van der Waals surface area (Å²) < 4.78 is 0. The fourth-order valence-corrected chi connectivity index (χ4v) is 3.12. The molecular formula is C18H21N9O. The molecule has 2 aliphatic rings. The minimum absolute atomic E-state index is 0.186. The second kappa shape index (κ2) is 7.74. The third kappa shape index (κ3) is 3.99. The van der Waals surface area contributed by atoms with Gasteiger partial charge in [0.05, 0.1) is 18.1 Å². The predicted molar refractivity (Wildman–Crippen MR) is 102 cm³/mol. The first-order valence-electron chi connectivity index (χ1n) is 9.30. The second-order valence-electron chi connectivity index (χ2n) is 7.19. The lowest BCUT2D eigenvalue weighted by Gasteiger charge is -2.34. The van der Waals surface area contributed by atoms with Crippen molar-refractivity contribution in [2.45, 2.75) is 50.2 Å². The molecule has 2 aliphatic carbocycles. The van der Waals surface area contributed by atoms with Gasteiger partial charge in [-0.15, -0.1) is 10.2 Å². The number of anilines is 3. The number of rotatable bonds is 6. The SMILES string of the molecule is N#Cc1cnc(Nc2cc(NC3CC(N)C3)c(C(=O)NC3CCC3)nn2)cn1. The zero-order valence-corrected chi connectivity index (χ0v) is 15.2. The Hall–Kier alpha value is -3.32. The van der Waals surface area contributed by atoms with Gasteiger partial charge in [-0.25, -0.2) is 9.97 Å². The maximum absolute atomic E-state index is 12.6. The van der Waals surface area contributed by atoms with Gasteiger partial charge in [-0.05, 0) is 32.1 Å². The summed E-state index contributed by atoms with van der Waals surface area (Å²) in [7, 11) is 0. The molecule has 0 aromatic carbocycles. The van der Waals surface area contributed by atoms with E-state index < -0.39 is 0 Å². The monoisotopic (exact) mass is 379 g/mol. The quantitative estimate of drug-likeness (QED) is 0.576. The molecule has 0 saturated heterocycles. The number of nitrogens with two attached hydrogens (primary N) is 1. The number of carbonyl (C=O) groups is 1. The van der Waals surface area contributed by atoms with E-state index in [-0.39, 0.29) is 35.4 Å². The molecule has 2 fully saturated rings. The van der Waals surface area contributed by atoms with Gasteiger partial charge >= 0.3 is 0 Å². The normalized spacial score (nSPS) is 21.0. The summed E-state index contributed by atoms with van der Waals surface area (Å²) >= 11 is 0. The molecule has 0 spiro atoms. The van der Waals surface area contributed by atoms with Crippen molar-refractivity contribution in [2.24, 2.45) is 5.73 Å². The summed E-state index contributed by atoms with van der Waals surface area (Å²) in [6.45, 7) is 0. The average Bonchev–Trinajstić information content (AvgIpc) is 2.64. The Morgan fingerprint density at radius 2 is 1.96 bits per heavy atom. The fraction of sp³-hybridized carbons (Fsp3) is 0.444. The van der Waals surface area contributed by atoms with Crippen LogP contribution in [0.5, 0.6) is 0 Å². The number of amides is 1. The highest BCUT2D eigenvalue weighted by Crippen LogP contribution is 2.27. The molecule has 0 bridgehead atoms. The average molecular weight is 379 g/mol. The van der Waals surface area contributed by atoms with E-state index in [1.807, 2.05) is 6.07 Å². The maximum Gasteiger partial charge on any atom is 0.274 e. The van der Waals surface area contributed by atoms with Gasteiger partial charge in [-0.3, -0.25) is 4.79 Å². The van der Waals surface area contributed by atoms with Crippen LogP contribution in [0, 0.1) is 11.3 Å². The third-order valence-electron chi connectivity index (χ3n) is 5.01. The van der Waals surface area contributed by atoms with Crippen LogP contribution in [0.4, 0.5) is 17.3 Å². The van der Waals surface area contributed by atoms with Crippen LogP contribution in [0.3, 0.4) is 0 Å². The predicted octanol–water partition coefficient (Wildman–Crippen LogP) is 1.07. The number of hydrogen-bond donors (Lipinski definition) is 4. The summed E-state index contributed by atoms with van der Waals surface area (Å²) in [5.41, 5.74) is 6.97. The van der Waals surface area contributed by atoms with E-state index in [4.69, 9.17) is 11.0 Å². The zero-order chi connectivity index (χ0) is 19.5. The lowest BCUT2D eigenvalue weighted by molar-refractivity contribution is 0.0911. The summed E-state index contributed by atoms with van der Waals surface area (Å²) in [4.78, 5) is 20.7. The smallest absolute Gasteiger partial charge is 0.274 e. The van der Waals surface area contributed by atoms with Gasteiger partial charge in [0.2, 0.25) is 0 Å². The first-order valence-corrected chi connectivity index (χ1v) is 9.30. The molecule has 28 heavy (non-hydrogen) atoms. The van der Waals surface area contributed by atoms with E-state index in [9.17, 15) is 4.79 Å². The number of aromatic nitrogens is 4. The molecule has 2 heterocycles. The highest BCUT2D eigenvalue weighted by molar-refractivity contribution is 5.98. The first kappa shape index (κ1) is 18.1. The molecule has 5 N–H and O–H groups in total. The molecule has 0 atom stereocenters. The zero-order valence-electron chi connectivity index (χ0n) is 15.2. The molecule has 1 amide bonds. The Labute approximate surface area is 162 Å². The molecule has 2 saturated carbocycles. The van der Waals surface area contributed by atoms with Crippen LogP contribution in [0.25, 0.3) is 0 Å². The number of carbonyl (C=O) groups excluding carboxylic acids is 1. The van der Waals surface area contributed by atoms with E-state index in [2.05, 4.69) is 36.1 Å². The second-order valence-corrected chi connectivity index (χ2v) is 7.19. The van der Waals surface area contributed by atoms with Crippen molar-refractivity contribution in [1.29, 1.82) is 5.26 Å². The van der Waals surface area contributed by atoms with Crippen molar-refractivity contribution in [1.82, 2.24) is 25.5 Å². The van der Waals surface area contributed by atoms with Crippen LogP contribution in [-0.4, -0.2) is 44.2 Å². The van der Waals surface area contributed by atoms with Crippen molar-refractivity contribution in [3.05, 3.63) is 29.8 Å². The van der Waals surface area contributed by atoms with Crippen molar-refractivity contribution < 1.29 is 4.79 Å². The highest BCUT2D eigenvalue weighted by atomic mass is 16.2. The van der Waals surface area contributed by atoms with Crippen LogP contribution in [0.2, 0.25) is 0 Å². The van der Waals surface area contributed by atoms with Crippen molar-refractivity contribution >= 4 is 23.2 Å². The Balaban J connectivity index is 1.53. The first-order chi connectivity index (χ1) is 13.6. The summed E-state index contributed by atoms with van der Waals surface area (Å²) in [5.74, 6) is 0.620. The Morgan fingerprint density at radius 1 is 1.14 bits per heavy atom. The maximum atomic E-state index is 12.6. The number of nitriles is 1. The van der Waals surface area contributed by atoms with Gasteiger partial charge in [0.15, 0.2) is 17.2 Å². The van der Waals surface area contributed by atoms with Crippen molar-refractivity contribution in [3.8, 4) is 6.07 Å². The lowest BCUT2D eigenvalue weighted by atomic mass is 9.87. The topological polar surface area (TPSA) is 155 Å². The Kier molecular flexibility index (Phi) is 4.99. The molecule has 2 aromatic heterocycles. The van der Waals surface area contributed by atoms with Crippen LogP contribution in [0.1, 0.15) is 48.3 Å². The van der Waals surface area contributed by atoms with E-state index in [1.54, 1.807) is 6.07 Å². The van der Waals surface area contributed by atoms with Gasteiger partial charge < -0.3 is 21.7 Å². The van der Waals surface area contributed by atoms with E-state index >= 15 is 0 Å². The summed E-state index contributed by atoms with van der Waals surface area (Å²) in [6, 6.07) is 4.25. The van der Waals surface area contributed by atoms with Crippen LogP contribution in [0.15, 0.2) is 18.5 Å². The number of nitrogens with one attached hydrogen (secondary N) is 3. The molecule has 0 radical (unpaired) electrons. The van der Waals surface area contributed by atoms with Crippen molar-refractivity contribution in [3.63, 3.8) is 0 Å². The van der Waals surface area contributed by atoms with Gasteiger partial charge in [-0.1, -0.05) is 0 Å². The molecule has 144 valence electrons. The number of hydrogen-bond acceptors (Lipinski definition) is 9. The van der Waals surface area contributed by atoms with Gasteiger partial charge in [0.1, 0.15) is 11.9 Å². The van der Waals surface area contributed by atoms with Gasteiger partial charge in [-0.2, -0.15) is 5.26 Å². The fourth-order valence-electron chi connectivity index (χ4n) is 3.12. The molecule has 10 heteroatoms. The Bertz CT molecular complexity index is 898. The largest absolute Gasteiger partial charge is 0.380 e. The number of nitrogens with zero attached hydrogens (tertiary/aromatic N) is 5. The third-order valence-corrected chi connectivity index (χ3v) is 5.01. The van der Waals surface area contributed by atoms with Crippen LogP contribution >= 0.6 is 0 Å². The summed E-state index contributed by atoms with van der Waals surface area (Å²) in [5, 5.41) is 26.4. The van der Waals surface area contributed by atoms with Crippen molar-refractivity contribution in [2.75, 3.05) is 10.6 Å². The molecule has 4 rings (SSSR count). The van der Waals surface area contributed by atoms with E-state index in [0.29, 0.717) is 17.3 Å². The minimum atomic E-state index is -0.229. The molecule has 10 nitrogen and oxygen atoms in total. The molecule has 2 aromatic rings. The highest BCUT2D eigenvalue weighted by Gasteiger charge is 2.28. The van der Waals surface area contributed by atoms with Crippen LogP contribution in [-0.2, 0) is 0 Å². The van der Waals surface area contributed by atoms with E-state index in [1.165, 1.54) is 12.4 Å². The standard InChI is InChI=1S/C18H21N9O/c19-7-13-8-22-16(9-21-13)25-15-6-14(23-12-4-10(20)5-12)17(27-26-15)18(28)24-11-2-1-3-11/h6,8-12H,1-5,20H2,(H,24,28)(H2,22,23,25,26). The summed E-state index contributed by atoms with van der Waals surface area (Å²) in [6.07, 6.45) is 7.62. The molecule has 0 unspecified atom stereocenters. The Morgan fingerprint density at radius 3 is 2.57 bits per heavy atom. The molecular weight excluding hydrogens is 358 g/mol. The lowest BCUT2D eigenvalue weighted by Crippen LogP contribution is -2.45. The van der Waals surface area contributed by atoms with Gasteiger partial charge in [0.25, 0.3) is 5.91 Å². The molecule has 0 aliphatic heterocycles. The van der Waals surface area contributed by atoms with E-state index in [0.717, 1.165) is 32.1 Å². The minimum Gasteiger partial charge on any atom is -0.380 e. The van der Waals surface area contributed by atoms with Crippen LogP contribution < -0.4 is 21.7 Å². The van der Waals surface area contributed by atoms with Gasteiger partial charge in [0, 0.05) is 24.2 Å².